The van der Waals surface area contributed by atoms with E-state index < -0.39 is 23.4 Å². The Morgan fingerprint density at radius 2 is 1.88 bits per heavy atom. The van der Waals surface area contributed by atoms with Crippen LogP contribution in [0.15, 0.2) is 11.4 Å². The van der Waals surface area contributed by atoms with Gasteiger partial charge in [0.2, 0.25) is 0 Å². The van der Waals surface area contributed by atoms with Crippen LogP contribution in [0, 0.1) is 0 Å². The van der Waals surface area contributed by atoms with Crippen molar-refractivity contribution in [3.8, 4) is 0 Å². The van der Waals surface area contributed by atoms with Crippen LogP contribution in [0.5, 0.6) is 0 Å². The summed E-state index contributed by atoms with van der Waals surface area (Å²) in [6.45, 7) is 3.75. The summed E-state index contributed by atoms with van der Waals surface area (Å²) in [6.07, 6.45) is 0.995. The summed E-state index contributed by atoms with van der Waals surface area (Å²) in [5.41, 5.74) is 0.448. The minimum Gasteiger partial charge on any atom is -0.468 e. The average molecular weight is 373 g/mol. The van der Waals surface area contributed by atoms with Crippen LogP contribution in [-0.2, 0) is 25.4 Å². The van der Waals surface area contributed by atoms with E-state index in [1.54, 1.807) is 32.8 Å². The van der Waals surface area contributed by atoms with Crippen molar-refractivity contribution in [2.75, 3.05) is 34.4 Å². The molecule has 0 aliphatic heterocycles. The Labute approximate surface area is 150 Å². The van der Waals surface area contributed by atoms with Gasteiger partial charge in [0, 0.05) is 24.4 Å². The van der Waals surface area contributed by atoms with Gasteiger partial charge in [-0.05, 0) is 27.9 Å². The number of rotatable bonds is 7. The van der Waals surface area contributed by atoms with Gasteiger partial charge in [-0.2, -0.15) is 0 Å². The Hall–Kier alpha value is -2.07. The lowest BCUT2D eigenvalue weighted by Gasteiger charge is -2.20. The maximum Gasteiger partial charge on any atom is 0.420 e. The average Bonchev–Trinajstić information content (AvgIpc) is 2.94. The number of methoxy groups -OCH3 is 1. The molecule has 1 heterocycles. The number of nitrogens with zero attached hydrogens (tertiary/aromatic N) is 3. The fraction of sp³-hybridized carbons (Fsp3) is 0.600. The molecule has 0 N–H and O–H groups in total. The van der Waals surface area contributed by atoms with E-state index in [0.717, 1.165) is 4.57 Å². The quantitative estimate of drug-likeness (QED) is 0.402. The first-order chi connectivity index (χ1) is 11.8. The molecular formula is C15H23N3O6S. The second-order valence-corrected chi connectivity index (χ2v) is 5.98. The van der Waals surface area contributed by atoms with Gasteiger partial charge in [0.25, 0.3) is 0 Å². The normalized spacial score (nSPS) is 11.9. The number of hydrogen-bond donors (Lipinski definition) is 0. The highest BCUT2D eigenvalue weighted by Gasteiger charge is 2.26. The highest BCUT2D eigenvalue weighted by atomic mass is 32.2. The zero-order chi connectivity index (χ0) is 19.0. The molecular weight excluding hydrogens is 350 g/mol. The van der Waals surface area contributed by atoms with E-state index in [-0.39, 0.29) is 24.8 Å². The van der Waals surface area contributed by atoms with Crippen molar-refractivity contribution in [3.05, 3.63) is 11.9 Å². The number of imidazole rings is 1. The van der Waals surface area contributed by atoms with Gasteiger partial charge >= 0.3 is 17.4 Å². The van der Waals surface area contributed by atoms with Crippen molar-refractivity contribution in [2.45, 2.75) is 31.5 Å². The zero-order valence-electron chi connectivity index (χ0n) is 15.0. The molecule has 0 amide bonds. The predicted octanol–water partition coefficient (Wildman–Crippen LogP) is 1.78. The third kappa shape index (κ3) is 6.05. The second-order valence-electron chi connectivity index (χ2n) is 5.08. The number of carbonyl (C=O) groups excluding carboxylic acids is 3. The fourth-order valence-corrected chi connectivity index (χ4v) is 2.65. The summed E-state index contributed by atoms with van der Waals surface area (Å²) in [4.78, 5) is 41.6. The molecule has 0 unspecified atom stereocenters. The van der Waals surface area contributed by atoms with Crippen LogP contribution in [0.2, 0.25) is 0 Å². The van der Waals surface area contributed by atoms with Crippen LogP contribution in [0.4, 0.5) is 9.59 Å². The van der Waals surface area contributed by atoms with E-state index in [4.69, 9.17) is 14.2 Å². The Balaban J connectivity index is 3.09. The first kappa shape index (κ1) is 21.0. The summed E-state index contributed by atoms with van der Waals surface area (Å²) in [5, 5.41) is -0.461. The molecule has 25 heavy (non-hydrogen) atoms. The highest BCUT2D eigenvalue weighted by molar-refractivity contribution is 8.13. The predicted molar refractivity (Wildman–Crippen MR) is 90.7 cm³/mol. The Kier molecular flexibility index (Phi) is 8.42. The number of hydrogen-bond acceptors (Lipinski definition) is 9. The largest absolute Gasteiger partial charge is 0.468 e. The topological polar surface area (TPSA) is 100.0 Å². The van der Waals surface area contributed by atoms with Crippen LogP contribution in [0.3, 0.4) is 0 Å². The molecule has 10 heteroatoms. The van der Waals surface area contributed by atoms with Crippen LogP contribution in [0.1, 0.15) is 19.5 Å². The molecule has 0 aliphatic carbocycles. The van der Waals surface area contributed by atoms with Crippen molar-refractivity contribution in [2.24, 2.45) is 0 Å². The van der Waals surface area contributed by atoms with Crippen LogP contribution in [0.25, 0.3) is 0 Å². The second kappa shape index (κ2) is 10.0. The molecule has 9 nitrogen and oxygen atoms in total. The molecule has 1 rings (SSSR count). The summed E-state index contributed by atoms with van der Waals surface area (Å²) in [7, 11) is 4.77. The molecule has 0 aromatic carbocycles. The smallest absolute Gasteiger partial charge is 0.420 e. The number of esters is 1. The third-order valence-corrected chi connectivity index (χ3v) is 3.88. The molecule has 0 spiro atoms. The van der Waals surface area contributed by atoms with Crippen molar-refractivity contribution in [1.82, 2.24) is 14.5 Å². The molecule has 1 aromatic heterocycles. The van der Waals surface area contributed by atoms with Gasteiger partial charge in [0.05, 0.1) is 26.0 Å². The van der Waals surface area contributed by atoms with Crippen LogP contribution in [-0.4, -0.2) is 72.3 Å². The molecule has 1 aromatic rings. The van der Waals surface area contributed by atoms with Crippen LogP contribution >= 0.6 is 11.8 Å². The minimum absolute atomic E-state index is 0.120. The summed E-state index contributed by atoms with van der Waals surface area (Å²) in [6, 6.07) is -0.573. The Morgan fingerprint density at radius 3 is 2.40 bits per heavy atom. The molecule has 0 aliphatic rings. The first-order valence-corrected chi connectivity index (χ1v) is 8.49. The standard InChI is InChI=1S/C15H23N3O6S/c1-6-23-14(20)18-9-10(8-11(17(3)4)12(19)22-5)16-13(18)25-15(21)24-7-2/h9,11H,6-8H2,1-5H3/t11-/m0/s1. The van der Waals surface area contributed by atoms with Gasteiger partial charge in [-0.25, -0.2) is 19.1 Å². The van der Waals surface area contributed by atoms with E-state index in [1.165, 1.54) is 13.3 Å². The maximum atomic E-state index is 12.1. The molecule has 0 fully saturated rings. The van der Waals surface area contributed by atoms with E-state index in [0.29, 0.717) is 17.5 Å². The number of aromatic nitrogens is 2. The van der Waals surface area contributed by atoms with Gasteiger partial charge in [0.1, 0.15) is 6.04 Å². The SMILES string of the molecule is CCOC(=O)Sc1nc(C[C@@H](C(=O)OC)N(C)C)cn1C(=O)OCC. The van der Waals surface area contributed by atoms with Gasteiger partial charge in [0.15, 0.2) is 5.16 Å². The van der Waals surface area contributed by atoms with Crippen molar-refractivity contribution in [3.63, 3.8) is 0 Å². The van der Waals surface area contributed by atoms with Crippen molar-refractivity contribution < 1.29 is 28.6 Å². The third-order valence-electron chi connectivity index (χ3n) is 3.12. The van der Waals surface area contributed by atoms with Gasteiger partial charge in [-0.3, -0.25) is 9.69 Å². The molecule has 0 saturated carbocycles. The number of ether oxygens (including phenoxy) is 3. The Bertz CT molecular complexity index is 616. The molecule has 0 radical (unpaired) electrons. The van der Waals surface area contributed by atoms with Gasteiger partial charge < -0.3 is 14.2 Å². The molecule has 0 saturated heterocycles. The van der Waals surface area contributed by atoms with Crippen molar-refractivity contribution >= 4 is 29.1 Å². The lowest BCUT2D eigenvalue weighted by molar-refractivity contribution is -0.145. The summed E-state index contributed by atoms with van der Waals surface area (Å²) >= 11 is 0.680. The van der Waals surface area contributed by atoms with Gasteiger partial charge in [-0.1, -0.05) is 0 Å². The Morgan fingerprint density at radius 1 is 1.24 bits per heavy atom. The van der Waals surface area contributed by atoms with E-state index in [9.17, 15) is 14.4 Å². The number of carbonyl (C=O) groups is 3. The first-order valence-electron chi connectivity index (χ1n) is 7.68. The molecule has 1 atom stereocenters. The zero-order valence-corrected chi connectivity index (χ0v) is 15.8. The number of thioether (sulfide) groups is 1. The fourth-order valence-electron chi connectivity index (χ4n) is 1.94. The van der Waals surface area contributed by atoms with Crippen LogP contribution < -0.4 is 0 Å². The summed E-state index contributed by atoms with van der Waals surface area (Å²) in [5.74, 6) is -0.421. The van der Waals surface area contributed by atoms with Crippen molar-refractivity contribution in [1.29, 1.82) is 0 Å². The lowest BCUT2D eigenvalue weighted by atomic mass is 10.1. The minimum atomic E-state index is -0.660. The monoisotopic (exact) mass is 373 g/mol. The van der Waals surface area contributed by atoms with Gasteiger partial charge in [-0.15, -0.1) is 0 Å². The maximum absolute atomic E-state index is 12.1. The molecule has 140 valence electrons. The lowest BCUT2D eigenvalue weighted by Crippen LogP contribution is -2.38. The van der Waals surface area contributed by atoms with E-state index in [2.05, 4.69) is 4.98 Å². The van der Waals surface area contributed by atoms with E-state index >= 15 is 0 Å². The van der Waals surface area contributed by atoms with E-state index in [1.807, 2.05) is 0 Å². The molecule has 0 bridgehead atoms. The highest BCUT2D eigenvalue weighted by Crippen LogP contribution is 2.21. The number of likely N-dealkylation sites (N-methyl/N-ethyl adjacent to an activating group) is 1. The summed E-state index contributed by atoms with van der Waals surface area (Å²) < 4.78 is 15.7.